The van der Waals surface area contributed by atoms with Gasteiger partial charge in [-0.15, -0.1) is 0 Å². The third-order valence-corrected chi connectivity index (χ3v) is 4.67. The van der Waals surface area contributed by atoms with E-state index in [1.165, 1.54) is 18.4 Å². The van der Waals surface area contributed by atoms with Crippen molar-refractivity contribution < 1.29 is 4.74 Å². The molecule has 2 unspecified atom stereocenters. The topological polar surface area (TPSA) is 47.0 Å². The van der Waals surface area contributed by atoms with Gasteiger partial charge < -0.3 is 10.1 Å². The van der Waals surface area contributed by atoms with Gasteiger partial charge in [0.05, 0.1) is 11.6 Å². The van der Waals surface area contributed by atoms with Crippen molar-refractivity contribution in [3.05, 3.63) is 30.1 Å². The molecule has 4 rings (SSSR count). The molecule has 2 aromatic rings. The zero-order valence-corrected chi connectivity index (χ0v) is 12.4. The highest BCUT2D eigenvalue weighted by Gasteiger charge is 2.36. The van der Waals surface area contributed by atoms with E-state index in [1.807, 2.05) is 12.1 Å². The molecule has 0 radical (unpaired) electrons. The third kappa shape index (κ3) is 2.60. The highest BCUT2D eigenvalue weighted by molar-refractivity contribution is 5.91. The van der Waals surface area contributed by atoms with Crippen molar-refractivity contribution in [3.8, 4) is 0 Å². The fraction of sp³-hybridized carbons (Fsp3) is 0.529. The van der Waals surface area contributed by atoms with Crippen molar-refractivity contribution in [3.63, 3.8) is 0 Å². The smallest absolute Gasteiger partial charge is 0.137 e. The molecular weight excluding hydrogens is 262 g/mol. The zero-order chi connectivity index (χ0) is 14.2. The molecule has 1 aliphatic carbocycles. The lowest BCUT2D eigenvalue weighted by atomic mass is 9.99. The first-order chi connectivity index (χ1) is 10.3. The van der Waals surface area contributed by atoms with Crippen molar-refractivity contribution in [2.24, 2.45) is 5.92 Å². The van der Waals surface area contributed by atoms with Crippen LogP contribution in [0.2, 0.25) is 0 Å². The van der Waals surface area contributed by atoms with Crippen molar-refractivity contribution >= 4 is 16.7 Å². The van der Waals surface area contributed by atoms with Crippen molar-refractivity contribution in [2.45, 2.75) is 44.8 Å². The maximum atomic E-state index is 5.91. The molecule has 1 aliphatic heterocycles. The predicted molar refractivity (Wildman–Crippen MR) is 83.4 cm³/mol. The Bertz CT molecular complexity index is 648. The molecule has 1 saturated heterocycles. The van der Waals surface area contributed by atoms with Gasteiger partial charge in [0.25, 0.3) is 0 Å². The molecule has 1 N–H and O–H groups in total. The molecular formula is C17H21N3O. The van der Waals surface area contributed by atoms with Crippen LogP contribution >= 0.6 is 0 Å². The summed E-state index contributed by atoms with van der Waals surface area (Å²) in [7, 11) is 0. The number of ether oxygens (including phenoxy) is 1. The number of anilines is 1. The summed E-state index contributed by atoms with van der Waals surface area (Å²) in [6, 6.07) is 6.67. The van der Waals surface area contributed by atoms with Crippen LogP contribution in [0.4, 0.5) is 5.82 Å². The number of aromatic nitrogens is 2. The number of aryl methyl sites for hydroxylation is 1. The average molecular weight is 283 g/mol. The Hall–Kier alpha value is -1.68. The summed E-state index contributed by atoms with van der Waals surface area (Å²) in [6.07, 6.45) is 6.94. The highest BCUT2D eigenvalue weighted by Crippen LogP contribution is 2.38. The molecule has 2 atom stereocenters. The minimum atomic E-state index is 0.449. The van der Waals surface area contributed by atoms with Gasteiger partial charge in [-0.25, -0.2) is 9.97 Å². The molecule has 2 fully saturated rings. The zero-order valence-electron chi connectivity index (χ0n) is 12.4. The van der Waals surface area contributed by atoms with Crippen molar-refractivity contribution in [2.75, 3.05) is 11.9 Å². The summed E-state index contributed by atoms with van der Waals surface area (Å²) in [6.45, 7) is 2.98. The Morgan fingerprint density at radius 3 is 2.95 bits per heavy atom. The summed E-state index contributed by atoms with van der Waals surface area (Å²) < 4.78 is 5.91. The van der Waals surface area contributed by atoms with Crippen LogP contribution < -0.4 is 5.32 Å². The number of hydrogen-bond donors (Lipinski definition) is 1. The summed E-state index contributed by atoms with van der Waals surface area (Å²) in [5.74, 6) is 1.78. The van der Waals surface area contributed by atoms with Gasteiger partial charge in [-0.3, -0.25) is 0 Å². The molecule has 0 bridgehead atoms. The van der Waals surface area contributed by atoms with E-state index in [1.54, 1.807) is 6.33 Å². The SMILES string of the molecule is Cc1cccc2ncnc(NC3CCOC(C4CC4)C3)c12. The molecule has 2 aliphatic rings. The van der Waals surface area contributed by atoms with Crippen LogP contribution in [0.25, 0.3) is 10.9 Å². The van der Waals surface area contributed by atoms with E-state index in [-0.39, 0.29) is 0 Å². The van der Waals surface area contributed by atoms with Gasteiger partial charge in [-0.1, -0.05) is 12.1 Å². The summed E-state index contributed by atoms with van der Waals surface area (Å²) in [5, 5.41) is 4.79. The van der Waals surface area contributed by atoms with Gasteiger partial charge in [-0.05, 0) is 50.2 Å². The Labute approximate surface area is 124 Å². The molecule has 1 aromatic carbocycles. The Morgan fingerprint density at radius 1 is 1.19 bits per heavy atom. The monoisotopic (exact) mass is 283 g/mol. The van der Waals surface area contributed by atoms with Gasteiger partial charge in [0.1, 0.15) is 12.1 Å². The van der Waals surface area contributed by atoms with E-state index in [9.17, 15) is 0 Å². The van der Waals surface area contributed by atoms with Gasteiger partial charge in [0, 0.05) is 18.0 Å². The average Bonchev–Trinajstić information content (AvgIpc) is 3.33. The van der Waals surface area contributed by atoms with Gasteiger partial charge >= 0.3 is 0 Å². The summed E-state index contributed by atoms with van der Waals surface area (Å²) in [4.78, 5) is 8.86. The van der Waals surface area contributed by atoms with Crippen LogP contribution in [0, 0.1) is 12.8 Å². The van der Waals surface area contributed by atoms with Crippen LogP contribution in [0.3, 0.4) is 0 Å². The van der Waals surface area contributed by atoms with Gasteiger partial charge in [-0.2, -0.15) is 0 Å². The second-order valence-electron chi connectivity index (χ2n) is 6.30. The lowest BCUT2D eigenvalue weighted by Gasteiger charge is -2.30. The van der Waals surface area contributed by atoms with Crippen LogP contribution in [0.5, 0.6) is 0 Å². The number of hydrogen-bond acceptors (Lipinski definition) is 4. The standard InChI is InChI=1S/C17H21N3O/c1-11-3-2-4-14-16(11)17(19-10-18-14)20-13-7-8-21-15(9-13)12-5-6-12/h2-4,10,12-13,15H,5-9H2,1H3,(H,18,19,20). The molecule has 1 saturated carbocycles. The largest absolute Gasteiger partial charge is 0.378 e. The van der Waals surface area contributed by atoms with E-state index in [4.69, 9.17) is 4.74 Å². The minimum absolute atomic E-state index is 0.449. The summed E-state index contributed by atoms with van der Waals surface area (Å²) >= 11 is 0. The van der Waals surface area contributed by atoms with Crippen LogP contribution in [-0.2, 0) is 4.74 Å². The number of benzene rings is 1. The molecule has 0 amide bonds. The lowest BCUT2D eigenvalue weighted by Crippen LogP contribution is -2.35. The molecule has 1 aromatic heterocycles. The fourth-order valence-corrected chi connectivity index (χ4v) is 3.34. The molecule has 0 spiro atoms. The lowest BCUT2D eigenvalue weighted by molar-refractivity contribution is -0.00221. The second-order valence-corrected chi connectivity index (χ2v) is 6.30. The Balaban J connectivity index is 1.59. The van der Waals surface area contributed by atoms with E-state index >= 15 is 0 Å². The quantitative estimate of drug-likeness (QED) is 0.939. The second kappa shape index (κ2) is 5.26. The maximum Gasteiger partial charge on any atom is 0.137 e. The van der Waals surface area contributed by atoms with E-state index < -0.39 is 0 Å². The first-order valence-electron chi connectivity index (χ1n) is 7.90. The first-order valence-corrected chi connectivity index (χ1v) is 7.90. The molecule has 4 nitrogen and oxygen atoms in total. The Kier molecular flexibility index (Phi) is 3.26. The number of rotatable bonds is 3. The molecule has 110 valence electrons. The maximum absolute atomic E-state index is 5.91. The van der Waals surface area contributed by atoms with Crippen LogP contribution in [0.1, 0.15) is 31.2 Å². The van der Waals surface area contributed by atoms with Crippen LogP contribution in [0.15, 0.2) is 24.5 Å². The van der Waals surface area contributed by atoms with Crippen LogP contribution in [-0.4, -0.2) is 28.7 Å². The van der Waals surface area contributed by atoms with Crippen molar-refractivity contribution in [1.82, 2.24) is 9.97 Å². The van der Waals surface area contributed by atoms with E-state index in [2.05, 4.69) is 28.3 Å². The predicted octanol–water partition coefficient (Wildman–Crippen LogP) is 3.31. The summed E-state index contributed by atoms with van der Waals surface area (Å²) in [5.41, 5.74) is 2.24. The van der Waals surface area contributed by atoms with E-state index in [0.29, 0.717) is 12.1 Å². The number of fused-ring (bicyclic) bond motifs is 1. The number of nitrogens with one attached hydrogen (secondary N) is 1. The normalized spacial score (nSPS) is 26.0. The molecule has 4 heteroatoms. The first kappa shape index (κ1) is 13.0. The Morgan fingerprint density at radius 2 is 2.10 bits per heavy atom. The minimum Gasteiger partial charge on any atom is -0.378 e. The molecule has 21 heavy (non-hydrogen) atoms. The van der Waals surface area contributed by atoms with Gasteiger partial charge in [0.15, 0.2) is 0 Å². The number of nitrogens with zero attached hydrogens (tertiary/aromatic N) is 2. The highest BCUT2D eigenvalue weighted by atomic mass is 16.5. The van der Waals surface area contributed by atoms with Gasteiger partial charge in [0.2, 0.25) is 0 Å². The fourth-order valence-electron chi connectivity index (χ4n) is 3.34. The van der Waals surface area contributed by atoms with E-state index in [0.717, 1.165) is 42.1 Å². The third-order valence-electron chi connectivity index (χ3n) is 4.67. The molecule has 2 heterocycles. The van der Waals surface area contributed by atoms with Crippen molar-refractivity contribution in [1.29, 1.82) is 0 Å².